The smallest absolute Gasteiger partial charge is 0.353 e. The van der Waals surface area contributed by atoms with E-state index in [9.17, 15) is 27.6 Å². The van der Waals surface area contributed by atoms with Crippen molar-refractivity contribution in [2.45, 2.75) is 25.2 Å². The number of anilines is 2. The van der Waals surface area contributed by atoms with Crippen molar-refractivity contribution in [3.63, 3.8) is 0 Å². The number of para-hydroxylation sites is 1. The Hall–Kier alpha value is -3.42. The van der Waals surface area contributed by atoms with Gasteiger partial charge in [0, 0.05) is 5.69 Å². The maximum absolute atomic E-state index is 13.3. The molecule has 31 heavy (non-hydrogen) atoms. The summed E-state index contributed by atoms with van der Waals surface area (Å²) in [5, 5.41) is 0. The third-order valence-corrected chi connectivity index (χ3v) is 6.26. The number of fused-ring (bicyclic) bond motifs is 5. The van der Waals surface area contributed by atoms with Gasteiger partial charge in [-0.1, -0.05) is 36.4 Å². The van der Waals surface area contributed by atoms with Gasteiger partial charge in [0.05, 0.1) is 29.1 Å². The van der Waals surface area contributed by atoms with Crippen LogP contribution in [-0.4, -0.2) is 29.7 Å². The summed E-state index contributed by atoms with van der Waals surface area (Å²) in [7, 11) is 0. The number of alkyl halides is 3. The Balaban J connectivity index is 1.60. The molecule has 0 unspecified atom stereocenters. The molecule has 4 atom stereocenters. The molecule has 3 heterocycles. The minimum absolute atomic E-state index is 0.131. The third-order valence-electron chi connectivity index (χ3n) is 6.26. The second-order valence-electron chi connectivity index (χ2n) is 7.98. The van der Waals surface area contributed by atoms with Gasteiger partial charge >= 0.3 is 6.18 Å². The SMILES string of the molecule is CC(=O)[C@@H]1[C@@H]2C(=O)N(c3cccc(C(F)(F)F)c3)C(=O)[C@@H]2[C@H]2C=Cc3ccccc3N21. The number of imide groups is 1. The molecule has 5 nitrogen and oxygen atoms in total. The van der Waals surface area contributed by atoms with Crippen molar-refractivity contribution in [1.82, 2.24) is 0 Å². The molecule has 2 fully saturated rings. The fourth-order valence-electron chi connectivity index (χ4n) is 5.05. The third kappa shape index (κ3) is 2.74. The van der Waals surface area contributed by atoms with Crippen LogP contribution in [0.15, 0.2) is 54.6 Å². The molecule has 2 amide bonds. The highest BCUT2D eigenvalue weighted by atomic mass is 19.4. The molecule has 0 N–H and O–H groups in total. The lowest BCUT2D eigenvalue weighted by Gasteiger charge is -2.36. The second-order valence-corrected chi connectivity index (χ2v) is 7.98. The molecule has 5 rings (SSSR count). The molecule has 0 spiro atoms. The number of carbonyl (C=O) groups excluding carboxylic acids is 3. The van der Waals surface area contributed by atoms with Gasteiger partial charge in [0.25, 0.3) is 0 Å². The largest absolute Gasteiger partial charge is 0.416 e. The molecular formula is C23H17F3N2O3. The number of carbonyl (C=O) groups is 3. The van der Waals surface area contributed by atoms with E-state index in [4.69, 9.17) is 0 Å². The van der Waals surface area contributed by atoms with Crippen LogP contribution < -0.4 is 9.80 Å². The van der Waals surface area contributed by atoms with Gasteiger partial charge in [-0.3, -0.25) is 14.4 Å². The van der Waals surface area contributed by atoms with Crippen molar-refractivity contribution in [1.29, 1.82) is 0 Å². The first kappa shape index (κ1) is 19.5. The highest BCUT2D eigenvalue weighted by Gasteiger charge is 2.63. The van der Waals surface area contributed by atoms with Crippen LogP contribution >= 0.6 is 0 Å². The molecule has 0 radical (unpaired) electrons. The van der Waals surface area contributed by atoms with Crippen molar-refractivity contribution < 1.29 is 27.6 Å². The minimum Gasteiger partial charge on any atom is -0.353 e. The predicted octanol–water partition coefficient (Wildman–Crippen LogP) is 3.68. The molecule has 0 bridgehead atoms. The van der Waals surface area contributed by atoms with Gasteiger partial charge < -0.3 is 4.90 Å². The summed E-state index contributed by atoms with van der Waals surface area (Å²) in [5.74, 6) is -3.30. The van der Waals surface area contributed by atoms with E-state index in [1.165, 1.54) is 19.1 Å². The fraction of sp³-hybridized carbons (Fsp3) is 0.261. The molecule has 0 aliphatic carbocycles. The summed E-state index contributed by atoms with van der Waals surface area (Å²) in [6.07, 6.45) is -0.962. The molecule has 8 heteroatoms. The van der Waals surface area contributed by atoms with Gasteiger partial charge in [0.1, 0.15) is 6.04 Å². The van der Waals surface area contributed by atoms with Crippen molar-refractivity contribution in [3.8, 4) is 0 Å². The zero-order chi connectivity index (χ0) is 22.1. The maximum atomic E-state index is 13.3. The topological polar surface area (TPSA) is 57.7 Å². The number of Topliss-reactive ketones (excluding diaryl/α,β-unsaturated/α-hetero) is 1. The van der Waals surface area contributed by atoms with Crippen LogP contribution in [0.2, 0.25) is 0 Å². The Labute approximate surface area is 175 Å². The summed E-state index contributed by atoms with van der Waals surface area (Å²) in [6, 6.07) is 10.1. The van der Waals surface area contributed by atoms with E-state index in [1.807, 2.05) is 35.2 Å². The Bertz CT molecular complexity index is 1160. The molecule has 0 aromatic heterocycles. The molecular weight excluding hydrogens is 409 g/mol. The Morgan fingerprint density at radius 2 is 1.68 bits per heavy atom. The number of hydrogen-bond acceptors (Lipinski definition) is 4. The molecule has 2 aromatic rings. The highest BCUT2D eigenvalue weighted by Crippen LogP contribution is 2.49. The molecule has 3 aliphatic rings. The van der Waals surface area contributed by atoms with Gasteiger partial charge in [-0.05, 0) is 36.8 Å². The summed E-state index contributed by atoms with van der Waals surface area (Å²) < 4.78 is 39.5. The highest BCUT2D eigenvalue weighted by molar-refractivity contribution is 6.24. The van der Waals surface area contributed by atoms with Gasteiger partial charge in [-0.2, -0.15) is 13.2 Å². The average Bonchev–Trinajstić information content (AvgIpc) is 3.21. The van der Waals surface area contributed by atoms with Crippen LogP contribution in [0.3, 0.4) is 0 Å². The van der Waals surface area contributed by atoms with E-state index in [1.54, 1.807) is 6.08 Å². The predicted molar refractivity (Wildman–Crippen MR) is 107 cm³/mol. The zero-order valence-electron chi connectivity index (χ0n) is 16.3. The minimum atomic E-state index is -4.60. The quantitative estimate of drug-likeness (QED) is 0.688. The van der Waals surface area contributed by atoms with Crippen LogP contribution in [0.25, 0.3) is 6.08 Å². The lowest BCUT2D eigenvalue weighted by atomic mass is 9.88. The van der Waals surface area contributed by atoms with Crippen LogP contribution in [0, 0.1) is 11.8 Å². The Morgan fingerprint density at radius 3 is 2.39 bits per heavy atom. The summed E-state index contributed by atoms with van der Waals surface area (Å²) >= 11 is 0. The van der Waals surface area contributed by atoms with E-state index in [-0.39, 0.29) is 11.5 Å². The van der Waals surface area contributed by atoms with E-state index >= 15 is 0 Å². The lowest BCUT2D eigenvalue weighted by Crippen LogP contribution is -2.48. The molecule has 3 aliphatic heterocycles. The van der Waals surface area contributed by atoms with E-state index in [0.717, 1.165) is 28.3 Å². The standard InChI is InChI=1S/C23H17F3N2O3/c1-12(29)20-19-18(17-10-9-13-5-2-3-8-16(13)28(17)20)21(30)27(22(19)31)15-7-4-6-14(11-15)23(24,25)26/h2-11,17-20H,1H3/t17-,18-,19-,20-/m1/s1. The van der Waals surface area contributed by atoms with Crippen LogP contribution in [-0.2, 0) is 20.6 Å². The average molecular weight is 426 g/mol. The fourth-order valence-corrected chi connectivity index (χ4v) is 5.05. The number of rotatable bonds is 2. The Kier molecular flexibility index (Phi) is 4.12. The van der Waals surface area contributed by atoms with E-state index in [2.05, 4.69) is 0 Å². The van der Waals surface area contributed by atoms with Gasteiger partial charge in [0.15, 0.2) is 5.78 Å². The molecule has 158 valence electrons. The number of benzene rings is 2. The normalized spacial score (nSPS) is 26.7. The van der Waals surface area contributed by atoms with Gasteiger partial charge in [-0.15, -0.1) is 0 Å². The van der Waals surface area contributed by atoms with Crippen molar-refractivity contribution in [2.75, 3.05) is 9.80 Å². The first-order chi connectivity index (χ1) is 14.7. The van der Waals surface area contributed by atoms with E-state index < -0.39 is 47.5 Å². The zero-order valence-corrected chi connectivity index (χ0v) is 16.3. The second kappa shape index (κ2) is 6.54. The molecule has 2 aromatic carbocycles. The van der Waals surface area contributed by atoms with Crippen LogP contribution in [0.1, 0.15) is 18.1 Å². The monoisotopic (exact) mass is 426 g/mol. The number of hydrogen-bond donors (Lipinski definition) is 0. The summed E-state index contributed by atoms with van der Waals surface area (Å²) in [5.41, 5.74) is 0.558. The van der Waals surface area contributed by atoms with Crippen molar-refractivity contribution in [3.05, 3.63) is 65.7 Å². The number of amides is 2. The molecule has 0 saturated carbocycles. The first-order valence-electron chi connectivity index (χ1n) is 9.81. The van der Waals surface area contributed by atoms with Crippen LogP contribution in [0.4, 0.5) is 24.5 Å². The Morgan fingerprint density at radius 1 is 0.968 bits per heavy atom. The molecule has 2 saturated heterocycles. The maximum Gasteiger partial charge on any atom is 0.416 e. The van der Waals surface area contributed by atoms with Gasteiger partial charge in [-0.25, -0.2) is 4.90 Å². The van der Waals surface area contributed by atoms with E-state index in [0.29, 0.717) is 0 Å². The summed E-state index contributed by atoms with van der Waals surface area (Å²) in [4.78, 5) is 42.0. The van der Waals surface area contributed by atoms with Crippen LogP contribution in [0.5, 0.6) is 0 Å². The van der Waals surface area contributed by atoms with Crippen molar-refractivity contribution >= 4 is 35.0 Å². The van der Waals surface area contributed by atoms with Gasteiger partial charge in [0.2, 0.25) is 11.8 Å². The lowest BCUT2D eigenvalue weighted by molar-refractivity contribution is -0.137. The first-order valence-corrected chi connectivity index (χ1v) is 9.81. The summed E-state index contributed by atoms with van der Waals surface area (Å²) in [6.45, 7) is 1.37. The van der Waals surface area contributed by atoms with Crippen molar-refractivity contribution in [2.24, 2.45) is 11.8 Å². The number of halogens is 3. The number of ketones is 1. The number of nitrogens with zero attached hydrogens (tertiary/aromatic N) is 2.